The molecule has 160 valence electrons. The van der Waals surface area contributed by atoms with Crippen LogP contribution in [0, 0.1) is 0 Å². The molecule has 3 aromatic carbocycles. The molecule has 31 heavy (non-hydrogen) atoms. The first-order valence-electron chi connectivity index (χ1n) is 9.66. The molecule has 0 saturated carbocycles. The van der Waals surface area contributed by atoms with Gasteiger partial charge in [0.1, 0.15) is 5.75 Å². The number of esters is 1. The van der Waals surface area contributed by atoms with Crippen LogP contribution in [0.4, 0.5) is 11.4 Å². The van der Waals surface area contributed by atoms with Crippen LogP contribution in [-0.4, -0.2) is 25.3 Å². The molecular weight excluding hydrogens is 428 g/mol. The number of benzene rings is 3. The summed E-state index contributed by atoms with van der Waals surface area (Å²) in [6.45, 7) is 0. The summed E-state index contributed by atoms with van der Waals surface area (Å²) in [7, 11) is 3.05. The summed E-state index contributed by atoms with van der Waals surface area (Å²) in [5, 5.41) is 0.574. The minimum absolute atomic E-state index is 0.239. The lowest BCUT2D eigenvalue weighted by Gasteiger charge is -2.26. The van der Waals surface area contributed by atoms with Crippen LogP contribution in [0.2, 0.25) is 0 Å². The number of carbonyl (C=O) groups is 1. The predicted octanol–water partition coefficient (Wildman–Crippen LogP) is 5.27. The maximum Gasteiger partial charge on any atom is 0.309 e. The number of para-hydroxylation sites is 1. The Labute approximate surface area is 192 Å². The summed E-state index contributed by atoms with van der Waals surface area (Å²) in [4.78, 5) is 13.5. The first kappa shape index (κ1) is 22.7. The molecule has 0 heterocycles. The van der Waals surface area contributed by atoms with Crippen LogP contribution in [0.15, 0.2) is 78.9 Å². The van der Waals surface area contributed by atoms with Crippen molar-refractivity contribution in [2.45, 2.75) is 12.2 Å². The average molecular weight is 453 g/mol. The van der Waals surface area contributed by atoms with Gasteiger partial charge in [-0.15, -0.1) is 0 Å². The monoisotopic (exact) mass is 452 g/mol. The third-order valence-electron chi connectivity index (χ3n) is 4.55. The summed E-state index contributed by atoms with van der Waals surface area (Å²) < 4.78 is 13.2. The predicted molar refractivity (Wildman–Crippen MR) is 131 cm³/mol. The summed E-state index contributed by atoms with van der Waals surface area (Å²) in [5.74, 6) is 1.33. The van der Waals surface area contributed by atoms with Crippen LogP contribution < -0.4 is 14.4 Å². The Morgan fingerprint density at radius 3 is 2.13 bits per heavy atom. The number of hydrogen-bond donors (Lipinski definition) is 1. The van der Waals surface area contributed by atoms with Gasteiger partial charge in [0, 0.05) is 17.1 Å². The molecule has 0 radical (unpaired) electrons. The number of hydrogen-bond acceptors (Lipinski definition) is 5. The van der Waals surface area contributed by atoms with Crippen LogP contribution >= 0.6 is 24.2 Å². The minimum atomic E-state index is -0.264. The Morgan fingerprint density at radius 2 is 1.52 bits per heavy atom. The smallest absolute Gasteiger partial charge is 0.309 e. The van der Waals surface area contributed by atoms with Crippen LogP contribution in [0.1, 0.15) is 11.1 Å². The van der Waals surface area contributed by atoms with Gasteiger partial charge in [0.25, 0.3) is 0 Å². The average Bonchev–Trinajstić information content (AvgIpc) is 2.81. The quantitative estimate of drug-likeness (QED) is 0.284. The minimum Gasteiger partial charge on any atom is -0.497 e. The Bertz CT molecular complexity index is 994. The number of rotatable bonds is 8. The molecule has 1 N–H and O–H groups in total. The second-order valence-electron chi connectivity index (χ2n) is 6.63. The summed E-state index contributed by atoms with van der Waals surface area (Å²) in [6.07, 6.45) is 0.239. The second kappa shape index (κ2) is 11.4. The van der Waals surface area contributed by atoms with Gasteiger partial charge in [-0.05, 0) is 71.7 Å². The van der Waals surface area contributed by atoms with E-state index in [4.69, 9.17) is 21.7 Å². The van der Waals surface area contributed by atoms with Crippen molar-refractivity contribution in [2.24, 2.45) is 0 Å². The fourth-order valence-corrected chi connectivity index (χ4v) is 3.94. The van der Waals surface area contributed by atoms with E-state index in [2.05, 4.69) is 4.72 Å². The fraction of sp³-hybridized carbons (Fsp3) is 0.167. The number of thiocarbonyl (C=S) groups is 1. The molecule has 5 nitrogen and oxygen atoms in total. The van der Waals surface area contributed by atoms with Gasteiger partial charge < -0.3 is 14.2 Å². The van der Waals surface area contributed by atoms with Gasteiger partial charge in [-0.2, -0.15) is 0 Å². The maximum absolute atomic E-state index is 11.5. The van der Waals surface area contributed by atoms with Crippen molar-refractivity contribution in [2.75, 3.05) is 19.1 Å². The Kier molecular flexibility index (Phi) is 8.32. The van der Waals surface area contributed by atoms with Crippen molar-refractivity contribution >= 4 is 46.6 Å². The molecule has 3 aromatic rings. The molecule has 0 aliphatic heterocycles. The Hall–Kier alpha value is -3.03. The zero-order valence-electron chi connectivity index (χ0n) is 17.4. The van der Waals surface area contributed by atoms with Crippen LogP contribution in [-0.2, 0) is 21.7 Å². The standard InChI is InChI=1S/C24H24N2O3S2/c1-28-22-14-10-19(11-15-22)17-31-25-24(30)26(20-6-4-3-5-7-20)21-12-8-18(9-13-21)16-23(27)29-2/h3-15H,16-17H2,1-2H3,(H,25,30). The maximum atomic E-state index is 11.5. The number of nitrogens with one attached hydrogen (secondary N) is 1. The van der Waals surface area contributed by atoms with E-state index in [9.17, 15) is 4.79 Å². The molecule has 7 heteroatoms. The van der Waals surface area contributed by atoms with E-state index in [0.29, 0.717) is 5.11 Å². The lowest BCUT2D eigenvalue weighted by molar-refractivity contribution is -0.139. The zero-order chi connectivity index (χ0) is 22.1. The number of methoxy groups -OCH3 is 2. The highest BCUT2D eigenvalue weighted by atomic mass is 32.2. The Morgan fingerprint density at radius 1 is 0.903 bits per heavy atom. The van der Waals surface area contributed by atoms with Crippen molar-refractivity contribution in [3.63, 3.8) is 0 Å². The summed E-state index contributed by atoms with van der Waals surface area (Å²) in [5.41, 5.74) is 3.91. The van der Waals surface area contributed by atoms with Gasteiger partial charge in [0.05, 0.1) is 20.6 Å². The van der Waals surface area contributed by atoms with E-state index in [-0.39, 0.29) is 12.4 Å². The van der Waals surface area contributed by atoms with Gasteiger partial charge in [0.2, 0.25) is 0 Å². The molecular formula is C24H24N2O3S2. The molecule has 0 spiro atoms. The van der Waals surface area contributed by atoms with Crippen molar-refractivity contribution < 1.29 is 14.3 Å². The van der Waals surface area contributed by atoms with Crippen molar-refractivity contribution in [3.05, 3.63) is 90.0 Å². The van der Waals surface area contributed by atoms with Crippen molar-refractivity contribution in [3.8, 4) is 5.75 Å². The molecule has 0 saturated heterocycles. The van der Waals surface area contributed by atoms with Crippen LogP contribution in [0.3, 0.4) is 0 Å². The van der Waals surface area contributed by atoms with E-state index < -0.39 is 0 Å². The summed E-state index contributed by atoms with van der Waals surface area (Å²) in [6, 6.07) is 25.6. The molecule has 3 rings (SSSR count). The fourth-order valence-electron chi connectivity index (χ4n) is 2.91. The molecule has 0 fully saturated rings. The van der Waals surface area contributed by atoms with E-state index in [0.717, 1.165) is 28.4 Å². The van der Waals surface area contributed by atoms with E-state index >= 15 is 0 Å². The van der Waals surface area contributed by atoms with Crippen molar-refractivity contribution in [1.82, 2.24) is 4.72 Å². The highest BCUT2D eigenvalue weighted by molar-refractivity contribution is 7.98. The molecule has 0 aliphatic rings. The van der Waals surface area contributed by atoms with E-state index in [1.807, 2.05) is 83.8 Å². The zero-order valence-corrected chi connectivity index (χ0v) is 19.0. The van der Waals surface area contributed by atoms with Gasteiger partial charge in [-0.1, -0.05) is 42.5 Å². The lowest BCUT2D eigenvalue weighted by Crippen LogP contribution is -2.33. The summed E-state index contributed by atoms with van der Waals surface area (Å²) >= 11 is 7.24. The molecule has 0 amide bonds. The highest BCUT2D eigenvalue weighted by Crippen LogP contribution is 2.27. The first-order chi connectivity index (χ1) is 15.1. The van der Waals surface area contributed by atoms with Crippen molar-refractivity contribution in [1.29, 1.82) is 0 Å². The highest BCUT2D eigenvalue weighted by Gasteiger charge is 2.15. The molecule has 0 aromatic heterocycles. The molecule has 0 aliphatic carbocycles. The number of anilines is 2. The van der Waals surface area contributed by atoms with Gasteiger partial charge >= 0.3 is 5.97 Å². The van der Waals surface area contributed by atoms with Gasteiger partial charge in [-0.3, -0.25) is 9.69 Å². The third-order valence-corrected chi connectivity index (χ3v) is 5.77. The Balaban J connectivity index is 1.71. The molecule has 0 unspecified atom stereocenters. The number of ether oxygens (including phenoxy) is 2. The third kappa shape index (κ3) is 6.47. The molecule has 0 bridgehead atoms. The molecule has 0 atom stereocenters. The van der Waals surface area contributed by atoms with Crippen LogP contribution in [0.25, 0.3) is 0 Å². The normalized spacial score (nSPS) is 10.3. The topological polar surface area (TPSA) is 50.8 Å². The second-order valence-corrected chi connectivity index (χ2v) is 7.80. The largest absolute Gasteiger partial charge is 0.497 e. The SMILES string of the molecule is COC(=O)Cc1ccc(N(C(=S)NSCc2ccc(OC)cc2)c2ccccc2)cc1. The van der Waals surface area contributed by atoms with E-state index in [1.54, 1.807) is 7.11 Å². The lowest BCUT2D eigenvalue weighted by atomic mass is 10.1. The van der Waals surface area contributed by atoms with E-state index in [1.165, 1.54) is 24.6 Å². The first-order valence-corrected chi connectivity index (χ1v) is 11.1. The van der Waals surface area contributed by atoms with Crippen LogP contribution in [0.5, 0.6) is 5.75 Å². The number of nitrogens with zero attached hydrogens (tertiary/aromatic N) is 1. The van der Waals surface area contributed by atoms with Gasteiger partial charge in [-0.25, -0.2) is 0 Å². The van der Waals surface area contributed by atoms with Gasteiger partial charge in [0.15, 0.2) is 5.11 Å². The number of carbonyl (C=O) groups excluding carboxylic acids is 1.